The van der Waals surface area contributed by atoms with E-state index in [1.165, 1.54) is 12.1 Å². The highest BCUT2D eigenvalue weighted by Gasteiger charge is 2.02. The number of ether oxygens (including phenoxy) is 1. The number of phenolic OH excluding ortho intramolecular Hbond substituents is 1. The summed E-state index contributed by atoms with van der Waals surface area (Å²) in [5.41, 5.74) is 0.212. The van der Waals surface area contributed by atoms with Crippen LogP contribution in [0.3, 0.4) is 0 Å². The Morgan fingerprint density at radius 3 is 2.72 bits per heavy atom. The standard InChI is InChI=1S/C13H15NO4/c14-9-10-5-6-11(8-12(10)15)18-7-3-1-2-4-13(16)17/h5-6,8,15H,1-4,7H2,(H,16,17). The van der Waals surface area contributed by atoms with Crippen LogP contribution in [0.4, 0.5) is 0 Å². The highest BCUT2D eigenvalue weighted by atomic mass is 16.5. The van der Waals surface area contributed by atoms with Crippen molar-refractivity contribution in [3.8, 4) is 17.6 Å². The summed E-state index contributed by atoms with van der Waals surface area (Å²) in [6.07, 6.45) is 2.36. The van der Waals surface area contributed by atoms with Gasteiger partial charge in [-0.15, -0.1) is 0 Å². The van der Waals surface area contributed by atoms with Gasteiger partial charge < -0.3 is 14.9 Å². The summed E-state index contributed by atoms with van der Waals surface area (Å²) in [6.45, 7) is 0.463. The van der Waals surface area contributed by atoms with Crippen molar-refractivity contribution >= 4 is 5.97 Å². The molecular formula is C13H15NO4. The van der Waals surface area contributed by atoms with Gasteiger partial charge in [0, 0.05) is 12.5 Å². The number of phenols is 1. The lowest BCUT2D eigenvalue weighted by Crippen LogP contribution is -1.99. The molecule has 1 aromatic carbocycles. The predicted octanol–water partition coefficient (Wildman–Crippen LogP) is 2.29. The van der Waals surface area contributed by atoms with Crippen molar-refractivity contribution in [3.63, 3.8) is 0 Å². The summed E-state index contributed by atoms with van der Waals surface area (Å²) >= 11 is 0. The molecule has 1 aromatic rings. The van der Waals surface area contributed by atoms with E-state index >= 15 is 0 Å². The van der Waals surface area contributed by atoms with Crippen LogP contribution in [-0.4, -0.2) is 22.8 Å². The molecule has 0 atom stereocenters. The summed E-state index contributed by atoms with van der Waals surface area (Å²) in [4.78, 5) is 10.3. The van der Waals surface area contributed by atoms with E-state index in [-0.39, 0.29) is 17.7 Å². The molecule has 0 saturated carbocycles. The molecule has 0 bridgehead atoms. The maximum Gasteiger partial charge on any atom is 0.303 e. The predicted molar refractivity (Wildman–Crippen MR) is 64.4 cm³/mol. The average Bonchev–Trinajstić information content (AvgIpc) is 2.33. The minimum absolute atomic E-state index is 0.0964. The van der Waals surface area contributed by atoms with Gasteiger partial charge in [0.05, 0.1) is 12.2 Å². The number of aromatic hydroxyl groups is 1. The smallest absolute Gasteiger partial charge is 0.303 e. The first-order valence-electron chi connectivity index (χ1n) is 5.71. The van der Waals surface area contributed by atoms with Crippen molar-refractivity contribution in [3.05, 3.63) is 23.8 Å². The van der Waals surface area contributed by atoms with Gasteiger partial charge in [-0.05, 0) is 31.4 Å². The van der Waals surface area contributed by atoms with Gasteiger partial charge >= 0.3 is 5.97 Å². The van der Waals surface area contributed by atoms with Crippen LogP contribution < -0.4 is 4.74 Å². The second-order valence-corrected chi connectivity index (χ2v) is 3.84. The van der Waals surface area contributed by atoms with E-state index in [9.17, 15) is 9.90 Å². The van der Waals surface area contributed by atoms with E-state index in [1.807, 2.05) is 6.07 Å². The van der Waals surface area contributed by atoms with Gasteiger partial charge in [-0.1, -0.05) is 0 Å². The first kappa shape index (κ1) is 13.8. The van der Waals surface area contributed by atoms with Gasteiger partial charge in [-0.25, -0.2) is 0 Å². The number of carboxylic acids is 1. The molecule has 0 aromatic heterocycles. The van der Waals surface area contributed by atoms with Crippen LogP contribution in [0.1, 0.15) is 31.2 Å². The van der Waals surface area contributed by atoms with Crippen LogP contribution in [0.25, 0.3) is 0 Å². The number of nitriles is 1. The molecule has 0 amide bonds. The van der Waals surface area contributed by atoms with E-state index in [4.69, 9.17) is 15.1 Å². The SMILES string of the molecule is N#Cc1ccc(OCCCCCC(=O)O)cc1O. The van der Waals surface area contributed by atoms with Crippen molar-refractivity contribution < 1.29 is 19.7 Å². The highest BCUT2D eigenvalue weighted by molar-refractivity contribution is 5.66. The highest BCUT2D eigenvalue weighted by Crippen LogP contribution is 2.22. The topological polar surface area (TPSA) is 90.5 Å². The quantitative estimate of drug-likeness (QED) is 0.723. The van der Waals surface area contributed by atoms with Crippen molar-refractivity contribution in [1.82, 2.24) is 0 Å². The molecule has 0 heterocycles. The van der Waals surface area contributed by atoms with Crippen molar-refractivity contribution in [1.29, 1.82) is 5.26 Å². The maximum absolute atomic E-state index is 10.3. The van der Waals surface area contributed by atoms with E-state index in [2.05, 4.69) is 0 Å². The number of carboxylic acid groups (broad SMARTS) is 1. The molecule has 0 spiro atoms. The monoisotopic (exact) mass is 249 g/mol. The van der Waals surface area contributed by atoms with Gasteiger partial charge in [0.2, 0.25) is 0 Å². The van der Waals surface area contributed by atoms with Gasteiger partial charge in [-0.3, -0.25) is 4.79 Å². The minimum Gasteiger partial charge on any atom is -0.506 e. The van der Waals surface area contributed by atoms with E-state index in [1.54, 1.807) is 6.07 Å². The first-order chi connectivity index (χ1) is 8.63. The lowest BCUT2D eigenvalue weighted by atomic mass is 10.2. The Balaban J connectivity index is 2.26. The summed E-state index contributed by atoms with van der Waals surface area (Å²) in [7, 11) is 0. The Morgan fingerprint density at radius 1 is 1.33 bits per heavy atom. The minimum atomic E-state index is -0.784. The normalized spacial score (nSPS) is 9.72. The second kappa shape index (κ2) is 7.17. The van der Waals surface area contributed by atoms with Crippen LogP contribution in [0.2, 0.25) is 0 Å². The molecule has 1 rings (SSSR count). The summed E-state index contributed by atoms with van der Waals surface area (Å²) in [5.74, 6) is -0.376. The van der Waals surface area contributed by atoms with Gasteiger partial charge in [-0.2, -0.15) is 5.26 Å². The molecule has 5 nitrogen and oxygen atoms in total. The number of unbranched alkanes of at least 4 members (excludes halogenated alkanes) is 2. The number of hydrogen-bond donors (Lipinski definition) is 2. The van der Waals surface area contributed by atoms with Crippen molar-refractivity contribution in [2.45, 2.75) is 25.7 Å². The largest absolute Gasteiger partial charge is 0.506 e. The molecule has 96 valence electrons. The van der Waals surface area contributed by atoms with Crippen molar-refractivity contribution in [2.24, 2.45) is 0 Å². The zero-order chi connectivity index (χ0) is 13.4. The lowest BCUT2D eigenvalue weighted by molar-refractivity contribution is -0.137. The third kappa shape index (κ3) is 4.74. The third-order valence-corrected chi connectivity index (χ3v) is 2.39. The Bertz CT molecular complexity index is 451. The summed E-state index contributed by atoms with van der Waals surface area (Å²) in [5, 5.41) is 26.5. The fraction of sp³-hybridized carbons (Fsp3) is 0.385. The number of rotatable bonds is 7. The number of carbonyl (C=O) groups is 1. The molecule has 0 aliphatic carbocycles. The Kier molecular flexibility index (Phi) is 5.52. The van der Waals surface area contributed by atoms with E-state index in [0.29, 0.717) is 18.8 Å². The molecule has 0 aliphatic rings. The Labute approximate surface area is 105 Å². The Hall–Kier alpha value is -2.22. The van der Waals surface area contributed by atoms with Gasteiger partial charge in [0.15, 0.2) is 0 Å². The fourth-order valence-electron chi connectivity index (χ4n) is 1.44. The zero-order valence-corrected chi connectivity index (χ0v) is 9.93. The molecule has 0 fully saturated rings. The molecular weight excluding hydrogens is 234 g/mol. The maximum atomic E-state index is 10.3. The van der Waals surface area contributed by atoms with Crippen LogP contribution in [0.5, 0.6) is 11.5 Å². The summed E-state index contributed by atoms with van der Waals surface area (Å²) in [6, 6.07) is 6.37. The molecule has 0 radical (unpaired) electrons. The van der Waals surface area contributed by atoms with E-state index < -0.39 is 5.97 Å². The average molecular weight is 249 g/mol. The van der Waals surface area contributed by atoms with Gasteiger partial charge in [0.25, 0.3) is 0 Å². The summed E-state index contributed by atoms with van der Waals surface area (Å²) < 4.78 is 5.38. The van der Waals surface area contributed by atoms with Gasteiger partial charge in [0.1, 0.15) is 17.6 Å². The van der Waals surface area contributed by atoms with Crippen LogP contribution in [0.15, 0.2) is 18.2 Å². The second-order valence-electron chi connectivity index (χ2n) is 3.84. The molecule has 0 unspecified atom stereocenters. The number of hydrogen-bond acceptors (Lipinski definition) is 4. The molecule has 0 saturated heterocycles. The molecule has 2 N–H and O–H groups in total. The number of benzene rings is 1. The molecule has 5 heteroatoms. The number of aliphatic carboxylic acids is 1. The first-order valence-corrected chi connectivity index (χ1v) is 5.71. The lowest BCUT2D eigenvalue weighted by Gasteiger charge is -2.06. The van der Waals surface area contributed by atoms with E-state index in [0.717, 1.165) is 12.8 Å². The van der Waals surface area contributed by atoms with Crippen LogP contribution >= 0.6 is 0 Å². The fourth-order valence-corrected chi connectivity index (χ4v) is 1.44. The number of nitrogens with zero attached hydrogens (tertiary/aromatic N) is 1. The third-order valence-electron chi connectivity index (χ3n) is 2.39. The zero-order valence-electron chi connectivity index (χ0n) is 9.93. The van der Waals surface area contributed by atoms with Crippen molar-refractivity contribution in [2.75, 3.05) is 6.61 Å². The molecule has 0 aliphatic heterocycles. The van der Waals surface area contributed by atoms with Crippen LogP contribution in [0, 0.1) is 11.3 Å². The Morgan fingerprint density at radius 2 is 2.11 bits per heavy atom. The van der Waals surface area contributed by atoms with Crippen LogP contribution in [-0.2, 0) is 4.79 Å². The molecule has 18 heavy (non-hydrogen) atoms.